The Bertz CT molecular complexity index is 860. The Morgan fingerprint density at radius 2 is 1.89 bits per heavy atom. The van der Waals surface area contributed by atoms with E-state index < -0.39 is 6.29 Å². The summed E-state index contributed by atoms with van der Waals surface area (Å²) in [6.45, 7) is 6.58. The number of aromatic nitrogens is 1. The van der Waals surface area contributed by atoms with Crippen molar-refractivity contribution in [2.45, 2.75) is 39.9 Å². The van der Waals surface area contributed by atoms with E-state index >= 15 is 0 Å². The van der Waals surface area contributed by atoms with E-state index in [9.17, 15) is 10.2 Å². The number of aliphatic hydroxyl groups is 2. The molecule has 0 saturated heterocycles. The van der Waals surface area contributed by atoms with E-state index in [-0.39, 0.29) is 0 Å². The van der Waals surface area contributed by atoms with E-state index in [1.54, 1.807) is 6.07 Å². The van der Waals surface area contributed by atoms with Crippen LogP contribution in [0.2, 0.25) is 0 Å². The molecule has 1 aliphatic rings. The van der Waals surface area contributed by atoms with Crippen molar-refractivity contribution >= 4 is 11.9 Å². The van der Waals surface area contributed by atoms with Gasteiger partial charge in [-0.25, -0.2) is 0 Å². The minimum Gasteiger partial charge on any atom is -0.364 e. The van der Waals surface area contributed by atoms with Crippen LogP contribution in [-0.2, 0) is 0 Å². The largest absolute Gasteiger partial charge is 0.364 e. The lowest BCUT2D eigenvalue weighted by Crippen LogP contribution is -2.00. The number of aromatic amines is 1. The fraction of sp³-hybridized carbons (Fsp3) is 0.348. The summed E-state index contributed by atoms with van der Waals surface area (Å²) in [6, 6.07) is 11.5. The van der Waals surface area contributed by atoms with Crippen LogP contribution in [0, 0.1) is 11.8 Å². The first kappa shape index (κ1) is 19.3. The molecular weight excluding hydrogens is 336 g/mol. The molecule has 4 nitrogen and oxygen atoms in total. The molecule has 0 saturated carbocycles. The van der Waals surface area contributed by atoms with Gasteiger partial charge in [-0.1, -0.05) is 57.2 Å². The Hall–Kier alpha value is -2.43. The van der Waals surface area contributed by atoms with Gasteiger partial charge in [-0.3, -0.25) is 4.99 Å². The van der Waals surface area contributed by atoms with E-state index in [0.29, 0.717) is 23.1 Å². The van der Waals surface area contributed by atoms with Crippen molar-refractivity contribution in [1.82, 2.24) is 4.98 Å². The van der Waals surface area contributed by atoms with Gasteiger partial charge < -0.3 is 15.2 Å². The summed E-state index contributed by atoms with van der Waals surface area (Å²) in [5, 5.41) is 19.7. The minimum absolute atomic E-state index is 0.314. The molecule has 2 atom stereocenters. The van der Waals surface area contributed by atoms with E-state index in [1.165, 1.54) is 5.57 Å². The van der Waals surface area contributed by atoms with Crippen LogP contribution in [0.3, 0.4) is 0 Å². The van der Waals surface area contributed by atoms with Crippen molar-refractivity contribution in [3.63, 3.8) is 0 Å². The molecule has 27 heavy (non-hydrogen) atoms. The Morgan fingerprint density at radius 3 is 2.52 bits per heavy atom. The Kier molecular flexibility index (Phi) is 6.09. The third-order valence-electron chi connectivity index (χ3n) is 5.23. The molecule has 0 spiro atoms. The van der Waals surface area contributed by atoms with Gasteiger partial charge >= 0.3 is 0 Å². The van der Waals surface area contributed by atoms with Gasteiger partial charge in [0.05, 0.1) is 17.1 Å². The normalized spacial score (nSPS) is 18.2. The lowest BCUT2D eigenvalue weighted by Gasteiger charge is -2.12. The van der Waals surface area contributed by atoms with Crippen LogP contribution in [0.4, 0.5) is 0 Å². The number of H-pyrrole nitrogens is 1. The van der Waals surface area contributed by atoms with E-state index in [1.807, 2.05) is 36.5 Å². The number of hydrogen-bond acceptors (Lipinski definition) is 3. The maximum Gasteiger partial charge on any atom is 0.180 e. The molecule has 0 bridgehead atoms. The maximum absolute atomic E-state index is 9.86. The fourth-order valence-electron chi connectivity index (χ4n) is 3.28. The van der Waals surface area contributed by atoms with E-state index in [4.69, 9.17) is 4.99 Å². The number of nitrogens with one attached hydrogen (secondary N) is 1. The van der Waals surface area contributed by atoms with Gasteiger partial charge in [0.15, 0.2) is 6.29 Å². The standard InChI is InChI=1S/C23H28N2O2/c1-4-15(3)18-11-16(5-2)14-24-20(12-18)21-13-19(23(26)27)22(25-21)17-9-7-6-8-10-17/h6-16,23,25-27H,4-5H2,1-3H3. The first-order chi connectivity index (χ1) is 13.0. The molecule has 0 radical (unpaired) electrons. The van der Waals surface area contributed by atoms with Gasteiger partial charge in [0.1, 0.15) is 0 Å². The Balaban J connectivity index is 2.07. The van der Waals surface area contributed by atoms with Crippen LogP contribution < -0.4 is 0 Å². The van der Waals surface area contributed by atoms with Gasteiger partial charge in [0.25, 0.3) is 0 Å². The summed E-state index contributed by atoms with van der Waals surface area (Å²) in [5.41, 5.74) is 4.97. The third-order valence-corrected chi connectivity index (χ3v) is 5.23. The second-order valence-corrected chi connectivity index (χ2v) is 7.11. The zero-order valence-electron chi connectivity index (χ0n) is 16.2. The van der Waals surface area contributed by atoms with Crippen LogP contribution in [0.5, 0.6) is 0 Å². The van der Waals surface area contributed by atoms with Crippen molar-refractivity contribution in [3.8, 4) is 11.3 Å². The fourth-order valence-corrected chi connectivity index (χ4v) is 3.28. The van der Waals surface area contributed by atoms with Gasteiger partial charge in [0.2, 0.25) is 0 Å². The summed E-state index contributed by atoms with van der Waals surface area (Å²) in [4.78, 5) is 8.07. The molecule has 2 heterocycles. The quantitative estimate of drug-likeness (QED) is 0.625. The molecule has 0 amide bonds. The number of allylic oxidation sites excluding steroid dienone is 3. The first-order valence-corrected chi connectivity index (χ1v) is 9.65. The van der Waals surface area contributed by atoms with Gasteiger partial charge in [-0.2, -0.15) is 0 Å². The number of nitrogens with zero attached hydrogens (tertiary/aromatic N) is 1. The highest BCUT2D eigenvalue weighted by Gasteiger charge is 2.19. The second kappa shape index (κ2) is 8.51. The molecule has 3 rings (SSSR count). The van der Waals surface area contributed by atoms with Crippen LogP contribution in [-0.4, -0.2) is 21.4 Å². The SMILES string of the molecule is CCC1C=NC(c2cc(C(O)O)c(-c3ccccc3)[nH]2)=CC(C(C)CC)=C1. The summed E-state index contributed by atoms with van der Waals surface area (Å²) in [5.74, 6) is 0.761. The molecule has 1 aromatic heterocycles. The molecule has 142 valence electrons. The van der Waals surface area contributed by atoms with E-state index in [2.05, 4.69) is 37.9 Å². The summed E-state index contributed by atoms with van der Waals surface area (Å²) < 4.78 is 0. The van der Waals surface area contributed by atoms with Crippen molar-refractivity contribution < 1.29 is 10.2 Å². The Morgan fingerprint density at radius 1 is 1.15 bits per heavy atom. The summed E-state index contributed by atoms with van der Waals surface area (Å²) in [7, 11) is 0. The highest BCUT2D eigenvalue weighted by Crippen LogP contribution is 2.33. The molecule has 1 aromatic carbocycles. The van der Waals surface area contributed by atoms with Gasteiger partial charge in [-0.05, 0) is 42.0 Å². The molecule has 4 heteroatoms. The molecule has 2 unspecified atom stereocenters. The van der Waals surface area contributed by atoms with Gasteiger partial charge in [-0.15, -0.1) is 0 Å². The number of aliphatic hydroxyl groups excluding tert-OH is 1. The predicted molar refractivity (Wildman–Crippen MR) is 111 cm³/mol. The maximum atomic E-state index is 9.86. The Labute approximate surface area is 161 Å². The van der Waals surface area contributed by atoms with Crippen LogP contribution in [0.25, 0.3) is 17.0 Å². The minimum atomic E-state index is -1.55. The molecule has 1 aliphatic heterocycles. The van der Waals surface area contributed by atoms with Crippen molar-refractivity contribution in [3.05, 3.63) is 65.4 Å². The number of rotatable bonds is 6. The molecule has 3 N–H and O–H groups in total. The van der Waals surface area contributed by atoms with Gasteiger partial charge in [0, 0.05) is 17.7 Å². The zero-order chi connectivity index (χ0) is 19.4. The average Bonchev–Trinajstić information content (AvgIpc) is 3.03. The summed E-state index contributed by atoms with van der Waals surface area (Å²) in [6.07, 6.45) is 6.92. The highest BCUT2D eigenvalue weighted by atomic mass is 16.5. The summed E-state index contributed by atoms with van der Waals surface area (Å²) >= 11 is 0. The van der Waals surface area contributed by atoms with E-state index in [0.717, 1.165) is 29.8 Å². The first-order valence-electron chi connectivity index (χ1n) is 9.65. The van der Waals surface area contributed by atoms with Crippen LogP contribution in [0.15, 0.2) is 59.1 Å². The number of benzene rings is 1. The van der Waals surface area contributed by atoms with Crippen LogP contribution >= 0.6 is 0 Å². The predicted octanol–water partition coefficient (Wildman–Crippen LogP) is 5.09. The number of aliphatic imine (C=N–C) groups is 1. The average molecular weight is 364 g/mol. The second-order valence-electron chi connectivity index (χ2n) is 7.11. The van der Waals surface area contributed by atoms with Crippen molar-refractivity contribution in [2.75, 3.05) is 0 Å². The van der Waals surface area contributed by atoms with Crippen LogP contribution in [0.1, 0.15) is 51.2 Å². The molecule has 0 fully saturated rings. The lowest BCUT2D eigenvalue weighted by molar-refractivity contribution is -0.0419. The zero-order valence-corrected chi connectivity index (χ0v) is 16.2. The topological polar surface area (TPSA) is 68.6 Å². The molecular formula is C23H28N2O2. The van der Waals surface area contributed by atoms with Crippen molar-refractivity contribution in [2.24, 2.45) is 16.8 Å². The highest BCUT2D eigenvalue weighted by molar-refractivity contribution is 5.80. The molecule has 2 aromatic rings. The lowest BCUT2D eigenvalue weighted by atomic mass is 9.93. The third kappa shape index (κ3) is 4.29. The monoisotopic (exact) mass is 364 g/mol. The van der Waals surface area contributed by atoms with Crippen molar-refractivity contribution in [1.29, 1.82) is 0 Å². The number of hydrogen-bond donors (Lipinski definition) is 3. The smallest absolute Gasteiger partial charge is 0.180 e. The molecule has 0 aliphatic carbocycles.